The van der Waals surface area contributed by atoms with Gasteiger partial charge >= 0.3 is 11.9 Å². The van der Waals surface area contributed by atoms with E-state index in [1.807, 2.05) is 84.9 Å². The van der Waals surface area contributed by atoms with Crippen LogP contribution in [0.25, 0.3) is 21.5 Å². The summed E-state index contributed by atoms with van der Waals surface area (Å²) in [5.41, 5.74) is 1.78. The quantitative estimate of drug-likeness (QED) is 0.0760. The zero-order valence-electron chi connectivity index (χ0n) is 28.8. The van der Waals surface area contributed by atoms with Crippen LogP contribution in [0.3, 0.4) is 0 Å². The fourth-order valence-corrected chi connectivity index (χ4v) is 5.17. The van der Waals surface area contributed by atoms with E-state index in [4.69, 9.17) is 9.47 Å². The van der Waals surface area contributed by atoms with E-state index >= 15 is 0 Å². The lowest BCUT2D eigenvalue weighted by atomic mass is 10.1. The molecule has 4 rings (SSSR count). The van der Waals surface area contributed by atoms with Gasteiger partial charge in [0.15, 0.2) is 0 Å². The Hall–Kier alpha value is -5.60. The number of hydrogen-bond donors (Lipinski definition) is 2. The van der Waals surface area contributed by atoms with Crippen LogP contribution in [0.2, 0.25) is 0 Å². The highest BCUT2D eigenvalue weighted by molar-refractivity contribution is 5.86. The van der Waals surface area contributed by atoms with E-state index in [2.05, 4.69) is 34.3 Å². The molecule has 2 unspecified atom stereocenters. The van der Waals surface area contributed by atoms with Crippen LogP contribution in [0.1, 0.15) is 76.3 Å². The number of benzene rings is 4. The molecule has 0 aliphatic heterocycles. The first-order valence-corrected chi connectivity index (χ1v) is 17.1. The highest BCUT2D eigenvalue weighted by Gasteiger charge is 2.18. The van der Waals surface area contributed by atoms with E-state index in [0.717, 1.165) is 45.5 Å². The molecule has 0 aliphatic rings. The Bertz CT molecular complexity index is 1770. The molecule has 0 saturated carbocycles. The molecule has 0 bridgehead atoms. The van der Waals surface area contributed by atoms with Gasteiger partial charge in [0.1, 0.15) is 25.3 Å². The van der Waals surface area contributed by atoms with Crippen molar-refractivity contribution in [1.82, 2.24) is 10.6 Å². The Kier molecular flexibility index (Phi) is 14.9. The van der Waals surface area contributed by atoms with Gasteiger partial charge in [0, 0.05) is 25.7 Å². The molecule has 0 spiro atoms. The van der Waals surface area contributed by atoms with Gasteiger partial charge in [-0.2, -0.15) is 0 Å². The number of rotatable bonds is 16. The number of esters is 2. The standard InChI is InChI=1S/C42H44N2O6/c1-31(41(47)49-29-33-23-25-35-17-13-15-19-37(35)27-33)43-39(45)21-11-9-7-5-3-4-6-8-10-12-22-40(46)44-32(2)42(48)50-30-34-24-26-36-18-14-16-20-38(36)28-34/h13-20,23-28,31-32H,7-12,21-22,29-30H2,1-2H3,(H,43,45)(H,44,46). The van der Waals surface area contributed by atoms with Crippen molar-refractivity contribution in [2.75, 3.05) is 0 Å². The van der Waals surface area contributed by atoms with Crippen molar-refractivity contribution >= 4 is 45.3 Å². The van der Waals surface area contributed by atoms with Crippen LogP contribution >= 0.6 is 0 Å². The van der Waals surface area contributed by atoms with E-state index in [-0.39, 0.29) is 25.0 Å². The smallest absolute Gasteiger partial charge is 0.328 e. The average molecular weight is 673 g/mol. The third-order valence-corrected chi connectivity index (χ3v) is 8.00. The highest BCUT2D eigenvalue weighted by atomic mass is 16.5. The second-order valence-electron chi connectivity index (χ2n) is 12.2. The van der Waals surface area contributed by atoms with Gasteiger partial charge in [0.25, 0.3) is 0 Å². The van der Waals surface area contributed by atoms with Gasteiger partial charge in [0.05, 0.1) is 0 Å². The number of carbonyl (C=O) groups is 4. The molecule has 258 valence electrons. The van der Waals surface area contributed by atoms with Crippen LogP contribution in [0, 0.1) is 23.7 Å². The Balaban J connectivity index is 0.988. The monoisotopic (exact) mass is 672 g/mol. The molecule has 2 N–H and O–H groups in total. The molecule has 8 heteroatoms. The molecule has 0 heterocycles. The molecule has 4 aromatic carbocycles. The summed E-state index contributed by atoms with van der Waals surface area (Å²) >= 11 is 0. The molecule has 8 nitrogen and oxygen atoms in total. The summed E-state index contributed by atoms with van der Waals surface area (Å²) in [6.07, 6.45) is 4.62. The Morgan fingerprint density at radius 1 is 0.560 bits per heavy atom. The summed E-state index contributed by atoms with van der Waals surface area (Å²) in [4.78, 5) is 49.2. The SMILES string of the molecule is CC(NC(=O)CCCCC#CC#CCCCCC(=O)NC(C)C(=O)OCc1ccc2ccccc2c1)C(=O)OCc1ccc2ccccc2c1. The van der Waals surface area contributed by atoms with Crippen LogP contribution in [0.15, 0.2) is 84.9 Å². The molecular formula is C42H44N2O6. The highest BCUT2D eigenvalue weighted by Crippen LogP contribution is 2.17. The molecule has 0 aromatic heterocycles. The fraction of sp³-hybridized carbons (Fsp3) is 0.333. The zero-order valence-corrected chi connectivity index (χ0v) is 28.8. The largest absolute Gasteiger partial charge is 0.459 e. The number of unbranched alkanes of at least 4 members (excludes halogenated alkanes) is 4. The third-order valence-electron chi connectivity index (χ3n) is 8.00. The lowest BCUT2D eigenvalue weighted by molar-refractivity contribution is -0.149. The molecule has 0 saturated heterocycles. The number of amides is 2. The van der Waals surface area contributed by atoms with E-state index in [0.29, 0.717) is 38.5 Å². The first kappa shape index (κ1) is 37.2. The summed E-state index contributed by atoms with van der Waals surface area (Å²) in [5.74, 6) is 10.3. The summed E-state index contributed by atoms with van der Waals surface area (Å²) in [6.45, 7) is 3.54. The number of ether oxygens (including phenoxy) is 2. The maximum absolute atomic E-state index is 12.3. The minimum absolute atomic E-state index is 0.149. The van der Waals surface area contributed by atoms with Crippen LogP contribution in [0.5, 0.6) is 0 Å². The Labute approximate surface area is 294 Å². The second kappa shape index (κ2) is 20.0. The maximum Gasteiger partial charge on any atom is 0.328 e. The molecule has 2 atom stereocenters. The minimum Gasteiger partial charge on any atom is -0.459 e. The van der Waals surface area contributed by atoms with E-state index < -0.39 is 24.0 Å². The van der Waals surface area contributed by atoms with Crippen molar-refractivity contribution in [3.8, 4) is 23.7 Å². The van der Waals surface area contributed by atoms with Gasteiger partial charge in [-0.05, 0) is 96.2 Å². The molecule has 4 aromatic rings. The van der Waals surface area contributed by atoms with Crippen molar-refractivity contribution in [1.29, 1.82) is 0 Å². The van der Waals surface area contributed by atoms with Gasteiger partial charge in [-0.3, -0.25) is 9.59 Å². The van der Waals surface area contributed by atoms with Crippen molar-refractivity contribution in [3.63, 3.8) is 0 Å². The minimum atomic E-state index is -0.730. The van der Waals surface area contributed by atoms with Gasteiger partial charge in [-0.1, -0.05) is 84.6 Å². The normalized spacial score (nSPS) is 11.6. The molecule has 0 radical (unpaired) electrons. The predicted molar refractivity (Wildman–Crippen MR) is 195 cm³/mol. The number of hydrogen-bond acceptors (Lipinski definition) is 6. The summed E-state index contributed by atoms with van der Waals surface area (Å²) < 4.78 is 10.8. The first-order chi connectivity index (χ1) is 24.3. The van der Waals surface area contributed by atoms with Gasteiger partial charge in [-0.25, -0.2) is 9.59 Å². The van der Waals surface area contributed by atoms with Crippen LogP contribution in [-0.2, 0) is 41.9 Å². The van der Waals surface area contributed by atoms with Gasteiger partial charge in [-0.15, -0.1) is 0 Å². The Morgan fingerprint density at radius 2 is 0.960 bits per heavy atom. The summed E-state index contributed by atoms with van der Waals surface area (Å²) in [5, 5.41) is 9.80. The van der Waals surface area contributed by atoms with Gasteiger partial charge < -0.3 is 20.1 Å². The molecular weight excluding hydrogens is 628 g/mol. The lowest BCUT2D eigenvalue weighted by Gasteiger charge is -2.13. The number of fused-ring (bicyclic) bond motifs is 2. The Morgan fingerprint density at radius 3 is 1.38 bits per heavy atom. The third kappa shape index (κ3) is 12.8. The zero-order chi connectivity index (χ0) is 35.6. The molecule has 0 aliphatic carbocycles. The van der Waals surface area contributed by atoms with Crippen LogP contribution in [-0.4, -0.2) is 35.8 Å². The summed E-state index contributed by atoms with van der Waals surface area (Å²) in [6, 6.07) is 26.3. The predicted octanol–water partition coefficient (Wildman–Crippen LogP) is 6.92. The average Bonchev–Trinajstić information content (AvgIpc) is 3.12. The maximum atomic E-state index is 12.3. The first-order valence-electron chi connectivity index (χ1n) is 17.1. The van der Waals surface area contributed by atoms with Gasteiger partial charge in [0.2, 0.25) is 11.8 Å². The number of nitrogens with one attached hydrogen (secondary N) is 2. The van der Waals surface area contributed by atoms with E-state index in [1.165, 1.54) is 0 Å². The van der Waals surface area contributed by atoms with E-state index in [9.17, 15) is 19.2 Å². The molecule has 2 amide bonds. The number of carbonyl (C=O) groups excluding carboxylic acids is 4. The summed E-state index contributed by atoms with van der Waals surface area (Å²) in [7, 11) is 0. The topological polar surface area (TPSA) is 111 Å². The van der Waals surface area contributed by atoms with Crippen molar-refractivity contribution in [2.24, 2.45) is 0 Å². The van der Waals surface area contributed by atoms with Crippen LogP contribution < -0.4 is 10.6 Å². The fourth-order valence-electron chi connectivity index (χ4n) is 5.17. The van der Waals surface area contributed by atoms with Crippen LogP contribution in [0.4, 0.5) is 0 Å². The molecule has 50 heavy (non-hydrogen) atoms. The van der Waals surface area contributed by atoms with E-state index in [1.54, 1.807) is 13.8 Å². The molecule has 0 fully saturated rings. The van der Waals surface area contributed by atoms with Crippen molar-refractivity contribution in [2.45, 2.75) is 90.5 Å². The van der Waals surface area contributed by atoms with Crippen molar-refractivity contribution < 1.29 is 28.7 Å². The van der Waals surface area contributed by atoms with Crippen molar-refractivity contribution in [3.05, 3.63) is 96.1 Å². The lowest BCUT2D eigenvalue weighted by Crippen LogP contribution is -2.39. The second-order valence-corrected chi connectivity index (χ2v) is 12.2.